The van der Waals surface area contributed by atoms with Crippen LogP contribution in [-0.2, 0) is 16.6 Å². The van der Waals surface area contributed by atoms with Crippen LogP contribution in [-0.4, -0.2) is 69.5 Å². The first-order chi connectivity index (χ1) is 20.3. The summed E-state index contributed by atoms with van der Waals surface area (Å²) in [5, 5.41) is 11.3. The second-order valence-corrected chi connectivity index (χ2v) is 12.9. The number of benzene rings is 1. The van der Waals surface area contributed by atoms with Crippen LogP contribution in [0, 0.1) is 16.7 Å². The molecule has 0 unspecified atom stereocenters. The van der Waals surface area contributed by atoms with E-state index in [0.29, 0.717) is 24.3 Å². The number of pyridine rings is 2. The number of aryl methyl sites for hydroxylation is 1. The summed E-state index contributed by atoms with van der Waals surface area (Å²) >= 11 is 0. The molecular formula is C34H40N4O4. The fraction of sp³-hybridized carbons (Fsp3) is 0.500. The van der Waals surface area contributed by atoms with E-state index in [1.165, 1.54) is 16.4 Å². The summed E-state index contributed by atoms with van der Waals surface area (Å²) in [6.45, 7) is 3.86. The summed E-state index contributed by atoms with van der Waals surface area (Å²) < 4.78 is 14.3. The molecule has 4 saturated carbocycles. The van der Waals surface area contributed by atoms with Crippen LogP contribution in [0.4, 0.5) is 0 Å². The van der Waals surface area contributed by atoms with Crippen LogP contribution in [0.1, 0.15) is 45.4 Å². The molecule has 0 saturated heterocycles. The largest absolute Gasteiger partial charge is 0.474 e. The number of unbranched alkanes of at least 4 members (excludes halogenated alkanes) is 1. The highest BCUT2D eigenvalue weighted by Crippen LogP contribution is 2.77. The number of carbonyl (C=O) groups excluding carboxylic acids is 1. The molecule has 2 bridgehead atoms. The monoisotopic (exact) mass is 568 g/mol. The minimum absolute atomic E-state index is 0.0773. The number of aromatic nitrogens is 3. The Morgan fingerprint density at radius 1 is 1.07 bits per heavy atom. The molecule has 8 heteroatoms. The number of amides is 1. The first-order valence-corrected chi connectivity index (χ1v) is 15.3. The second-order valence-electron chi connectivity index (χ2n) is 12.9. The maximum Gasteiger partial charge on any atom is 0.229 e. The molecule has 8 rings (SSSR count). The topological polar surface area (TPSA) is 89.7 Å². The van der Waals surface area contributed by atoms with Gasteiger partial charge in [0, 0.05) is 92.7 Å². The van der Waals surface area contributed by atoms with E-state index in [4.69, 9.17) is 14.6 Å². The number of ether oxygens (including phenoxy) is 2. The maximum absolute atomic E-state index is 13.5. The number of aliphatic hydroxyl groups is 1. The fourth-order valence-electron chi connectivity index (χ4n) is 7.79. The zero-order chi connectivity index (χ0) is 29.1. The number of fused-ring (bicyclic) bond motifs is 3. The molecule has 8 nitrogen and oxygen atoms in total. The van der Waals surface area contributed by atoms with Crippen molar-refractivity contribution in [1.29, 1.82) is 0 Å². The minimum atomic E-state index is -0.196. The molecule has 1 aromatic carbocycles. The van der Waals surface area contributed by atoms with Gasteiger partial charge in [-0.25, -0.2) is 4.98 Å². The Morgan fingerprint density at radius 2 is 1.88 bits per heavy atom. The fourth-order valence-corrected chi connectivity index (χ4v) is 7.79. The van der Waals surface area contributed by atoms with Gasteiger partial charge in [-0.3, -0.25) is 9.78 Å². The molecular weight excluding hydrogens is 528 g/mol. The van der Waals surface area contributed by atoms with Crippen molar-refractivity contribution in [1.82, 2.24) is 19.4 Å². The predicted molar refractivity (Wildman–Crippen MR) is 162 cm³/mol. The lowest BCUT2D eigenvalue weighted by Crippen LogP contribution is -2.76. The second kappa shape index (κ2) is 10.3. The van der Waals surface area contributed by atoms with Crippen molar-refractivity contribution >= 4 is 27.7 Å². The number of aliphatic hydroxyl groups excluding tert-OH is 1. The third-order valence-corrected chi connectivity index (χ3v) is 10.7. The lowest BCUT2D eigenvalue weighted by molar-refractivity contribution is -0.282. The zero-order valence-electron chi connectivity index (χ0n) is 24.8. The summed E-state index contributed by atoms with van der Waals surface area (Å²) in [6.07, 6.45) is 10.9. The molecule has 4 aliphatic carbocycles. The summed E-state index contributed by atoms with van der Waals surface area (Å²) in [7, 11) is 4.05. The average Bonchev–Trinajstić information content (AvgIpc) is 3.26. The van der Waals surface area contributed by atoms with Crippen molar-refractivity contribution in [3.63, 3.8) is 0 Å². The summed E-state index contributed by atoms with van der Waals surface area (Å²) in [4.78, 5) is 24.4. The molecule has 1 amide bonds. The Hall–Kier alpha value is -3.49. The summed E-state index contributed by atoms with van der Waals surface area (Å²) in [6, 6.07) is 12.8. The van der Waals surface area contributed by atoms with Crippen LogP contribution in [0.15, 0.2) is 55.0 Å². The van der Waals surface area contributed by atoms with Crippen molar-refractivity contribution in [2.45, 2.75) is 57.6 Å². The zero-order valence-corrected chi connectivity index (χ0v) is 24.8. The number of nitrogens with zero attached hydrogens (tertiary/aromatic N) is 4. The van der Waals surface area contributed by atoms with E-state index in [9.17, 15) is 4.79 Å². The van der Waals surface area contributed by atoms with Gasteiger partial charge in [0.05, 0.1) is 17.5 Å². The smallest absolute Gasteiger partial charge is 0.229 e. The molecule has 1 N–H and O–H groups in total. The Bertz CT molecular complexity index is 1620. The van der Waals surface area contributed by atoms with Crippen molar-refractivity contribution in [2.75, 3.05) is 26.9 Å². The van der Waals surface area contributed by atoms with Gasteiger partial charge < -0.3 is 24.0 Å². The van der Waals surface area contributed by atoms with Gasteiger partial charge in [0.25, 0.3) is 0 Å². The van der Waals surface area contributed by atoms with E-state index in [1.807, 2.05) is 42.7 Å². The Kier molecular flexibility index (Phi) is 6.74. The number of hydrogen-bond acceptors (Lipinski definition) is 6. The molecule has 0 spiro atoms. The molecule has 3 aromatic heterocycles. The van der Waals surface area contributed by atoms with E-state index < -0.39 is 0 Å². The van der Waals surface area contributed by atoms with Crippen LogP contribution < -0.4 is 4.74 Å². The highest BCUT2D eigenvalue weighted by Gasteiger charge is 2.77. The highest BCUT2D eigenvalue weighted by atomic mass is 16.5. The van der Waals surface area contributed by atoms with Crippen LogP contribution in [0.5, 0.6) is 5.88 Å². The van der Waals surface area contributed by atoms with Gasteiger partial charge in [-0.1, -0.05) is 19.1 Å². The third kappa shape index (κ3) is 4.21. The minimum Gasteiger partial charge on any atom is -0.474 e. The van der Waals surface area contributed by atoms with Gasteiger partial charge in [-0.15, -0.1) is 0 Å². The molecule has 3 heterocycles. The van der Waals surface area contributed by atoms with Crippen molar-refractivity contribution < 1.29 is 19.4 Å². The summed E-state index contributed by atoms with van der Waals surface area (Å²) in [5.41, 5.74) is 4.48. The van der Waals surface area contributed by atoms with E-state index in [-0.39, 0.29) is 29.6 Å². The van der Waals surface area contributed by atoms with E-state index >= 15 is 0 Å². The van der Waals surface area contributed by atoms with Crippen molar-refractivity contribution in [3.8, 4) is 17.0 Å². The van der Waals surface area contributed by atoms with E-state index in [2.05, 4.69) is 52.8 Å². The molecule has 220 valence electrons. The summed E-state index contributed by atoms with van der Waals surface area (Å²) in [5.74, 6) is 1.29. The normalized spacial score (nSPS) is 27.8. The SMILES string of the molecule is C[C@@H]1C2(COCCCCO)CC1(C(=O)N(C)[C@H]1C[C@H](Oc3ccc(-c4ccc5c6cnccc6n(C)c5c4)cn3)C1)C2. The Morgan fingerprint density at radius 3 is 2.62 bits per heavy atom. The van der Waals surface area contributed by atoms with Gasteiger partial charge in [0.1, 0.15) is 6.10 Å². The first kappa shape index (κ1) is 27.3. The quantitative estimate of drug-likeness (QED) is 0.245. The molecule has 4 aromatic rings. The lowest BCUT2D eigenvalue weighted by Gasteiger charge is -2.75. The third-order valence-electron chi connectivity index (χ3n) is 10.7. The standard InChI is InChI=1S/C34H40N4O4/c1-22-33(21-41-13-5-4-12-39)19-34(22,20-33)32(40)37(2)25-15-26(16-25)42-31-9-7-24(17-36-31)23-6-8-27-28-18-35-11-10-29(28)38(3)30(27)14-23/h6-11,14,17-18,22,25-26,39H,4-5,12-13,15-16,19-21H2,1-3H3/t22-,25-,26-,33?,34?/m1/s1. The van der Waals surface area contributed by atoms with Gasteiger partial charge in [0.15, 0.2) is 0 Å². The molecule has 0 aliphatic heterocycles. The van der Waals surface area contributed by atoms with Crippen LogP contribution in [0.3, 0.4) is 0 Å². The Labute approximate surface area is 246 Å². The molecule has 1 atom stereocenters. The van der Waals surface area contributed by atoms with Crippen LogP contribution in [0.25, 0.3) is 32.9 Å². The molecule has 4 aliphatic rings. The van der Waals surface area contributed by atoms with Crippen LogP contribution in [0.2, 0.25) is 0 Å². The number of hydrogen-bond donors (Lipinski definition) is 1. The molecule has 42 heavy (non-hydrogen) atoms. The van der Waals surface area contributed by atoms with Gasteiger partial charge in [-0.2, -0.15) is 0 Å². The first-order valence-electron chi connectivity index (χ1n) is 15.3. The van der Waals surface area contributed by atoms with E-state index in [0.717, 1.165) is 61.6 Å². The van der Waals surface area contributed by atoms with E-state index in [1.54, 1.807) is 0 Å². The van der Waals surface area contributed by atoms with Crippen molar-refractivity contribution in [2.24, 2.45) is 23.8 Å². The highest BCUT2D eigenvalue weighted by molar-refractivity contribution is 6.08. The van der Waals surface area contributed by atoms with Crippen LogP contribution >= 0.6 is 0 Å². The van der Waals surface area contributed by atoms with Gasteiger partial charge in [-0.05, 0) is 60.8 Å². The van der Waals surface area contributed by atoms with Crippen molar-refractivity contribution in [3.05, 3.63) is 55.0 Å². The number of rotatable bonds is 11. The lowest BCUT2D eigenvalue weighted by atomic mass is 9.29. The molecule has 0 radical (unpaired) electrons. The van der Waals surface area contributed by atoms with Gasteiger partial charge >= 0.3 is 0 Å². The maximum atomic E-state index is 13.5. The average molecular weight is 569 g/mol. The molecule has 4 fully saturated rings. The predicted octanol–water partition coefficient (Wildman–Crippen LogP) is 5.36. The van der Waals surface area contributed by atoms with Gasteiger partial charge in [0.2, 0.25) is 11.8 Å². The Balaban J connectivity index is 0.915. The number of carbonyl (C=O) groups is 1.